The van der Waals surface area contributed by atoms with E-state index in [0.29, 0.717) is 6.42 Å². The summed E-state index contributed by atoms with van der Waals surface area (Å²) in [5, 5.41) is 12.7. The Labute approximate surface area is 129 Å². The van der Waals surface area contributed by atoms with Crippen molar-refractivity contribution in [3.63, 3.8) is 0 Å². The molecule has 6 nitrogen and oxygen atoms in total. The Morgan fingerprint density at radius 3 is 2.32 bits per heavy atom. The van der Waals surface area contributed by atoms with Crippen LogP contribution in [-0.2, 0) is 24.8 Å². The zero-order chi connectivity index (χ0) is 16.2. The Bertz CT molecular complexity index is 604. The summed E-state index contributed by atoms with van der Waals surface area (Å²) in [5.74, 6) is -0.872. The summed E-state index contributed by atoms with van der Waals surface area (Å²) in [4.78, 5) is 12.1. The smallest absolute Gasteiger partial charge is 0.370 e. The summed E-state index contributed by atoms with van der Waals surface area (Å²) >= 11 is 0. The van der Waals surface area contributed by atoms with Gasteiger partial charge in [-0.25, -0.2) is 0 Å². The van der Waals surface area contributed by atoms with E-state index in [1.165, 1.54) is 0 Å². The van der Waals surface area contributed by atoms with Crippen LogP contribution in [0.3, 0.4) is 0 Å². The van der Waals surface area contributed by atoms with Crippen molar-refractivity contribution in [3.05, 3.63) is 47.0 Å². The van der Waals surface area contributed by atoms with Gasteiger partial charge in [0.1, 0.15) is 5.76 Å². The van der Waals surface area contributed by atoms with Crippen LogP contribution in [0.4, 0.5) is 0 Å². The lowest BCUT2D eigenvalue weighted by molar-refractivity contribution is -0.116. The number of rotatable bonds is 7. The van der Waals surface area contributed by atoms with Crippen LogP contribution in [-0.4, -0.2) is 30.3 Å². The summed E-state index contributed by atoms with van der Waals surface area (Å²) in [6, 6.07) is 8.79. The molecule has 0 spiro atoms. The summed E-state index contributed by atoms with van der Waals surface area (Å²) in [7, 11) is -3.80. The molecule has 0 bridgehead atoms. The molecule has 1 amide bonds. The van der Waals surface area contributed by atoms with Gasteiger partial charge in [0.05, 0.1) is 19.3 Å². The third-order valence-electron chi connectivity index (χ3n) is 3.25. The number of carbonyl (C=O) groups excluding carboxylic acids is 1. The number of aliphatic hydroxyl groups excluding tert-OH is 1. The monoisotopic (exact) mass is 325 g/mol. The lowest BCUT2D eigenvalue weighted by Gasteiger charge is -2.16. The van der Waals surface area contributed by atoms with Gasteiger partial charge in [0.2, 0.25) is 0 Å². The van der Waals surface area contributed by atoms with Crippen molar-refractivity contribution in [3.8, 4) is 0 Å². The van der Waals surface area contributed by atoms with E-state index >= 15 is 0 Å². The van der Waals surface area contributed by atoms with Crippen molar-refractivity contribution in [1.29, 1.82) is 0 Å². The Morgan fingerprint density at radius 2 is 1.77 bits per heavy atom. The van der Waals surface area contributed by atoms with Gasteiger partial charge < -0.3 is 19.5 Å². The molecule has 22 heavy (non-hydrogen) atoms. The lowest BCUT2D eigenvalue weighted by atomic mass is 10.1. The zero-order valence-corrected chi connectivity index (χ0v) is 13.5. The maximum absolute atomic E-state index is 12.7. The second-order valence-corrected chi connectivity index (χ2v) is 6.74. The second-order valence-electron chi connectivity index (χ2n) is 4.78. The summed E-state index contributed by atoms with van der Waals surface area (Å²) in [6.45, 7) is 3.53. The van der Waals surface area contributed by atoms with E-state index in [2.05, 4.69) is 5.32 Å². The van der Waals surface area contributed by atoms with Crippen LogP contribution in [0.1, 0.15) is 19.4 Å². The lowest BCUT2D eigenvalue weighted by Crippen LogP contribution is -2.30. The van der Waals surface area contributed by atoms with E-state index in [4.69, 9.17) is 9.05 Å². The Morgan fingerprint density at radius 1 is 1.18 bits per heavy atom. The first-order valence-electron chi connectivity index (χ1n) is 7.19. The zero-order valence-electron chi connectivity index (χ0n) is 12.6. The minimum Gasteiger partial charge on any atom is -0.509 e. The van der Waals surface area contributed by atoms with Gasteiger partial charge in [0, 0.05) is 0 Å². The third-order valence-corrected chi connectivity index (χ3v) is 5.42. The van der Waals surface area contributed by atoms with Crippen molar-refractivity contribution >= 4 is 13.5 Å². The summed E-state index contributed by atoms with van der Waals surface area (Å²) < 4.78 is 23.0. The third kappa shape index (κ3) is 3.40. The van der Waals surface area contributed by atoms with Crippen LogP contribution in [0, 0.1) is 0 Å². The minimum absolute atomic E-state index is 0.116. The van der Waals surface area contributed by atoms with Crippen molar-refractivity contribution in [2.75, 3.05) is 13.2 Å². The van der Waals surface area contributed by atoms with E-state index in [1.807, 2.05) is 30.3 Å². The molecule has 0 saturated carbocycles. The van der Waals surface area contributed by atoms with Crippen molar-refractivity contribution in [2.24, 2.45) is 0 Å². The van der Waals surface area contributed by atoms with Crippen LogP contribution < -0.4 is 5.32 Å². The highest BCUT2D eigenvalue weighted by Crippen LogP contribution is 2.58. The summed E-state index contributed by atoms with van der Waals surface area (Å²) in [6.07, 6.45) is 0.403. The number of nitrogens with one attached hydrogen (secondary N) is 1. The van der Waals surface area contributed by atoms with Crippen molar-refractivity contribution < 1.29 is 23.5 Å². The normalized spacial score (nSPS) is 18.6. The number of aliphatic hydroxyl groups is 1. The standard InChI is InChI=1S/C15H20NO5P/c1-3-20-22(19,21-4-2)14-13(17)12(16-15(14)18)10-11-8-6-5-7-9-11/h5-9,12,17H,3-4,10H2,1-2H3,(H,16,18). The molecule has 0 aliphatic carbocycles. The Kier molecular flexibility index (Phi) is 5.40. The minimum atomic E-state index is -3.80. The highest BCUT2D eigenvalue weighted by Gasteiger charge is 2.45. The average Bonchev–Trinajstić information content (AvgIpc) is 2.75. The van der Waals surface area contributed by atoms with Gasteiger partial charge in [-0.05, 0) is 25.8 Å². The van der Waals surface area contributed by atoms with Crippen LogP contribution in [0.15, 0.2) is 41.4 Å². The van der Waals surface area contributed by atoms with Gasteiger partial charge in [-0.2, -0.15) is 0 Å². The number of carbonyl (C=O) groups is 1. The molecule has 1 heterocycles. The van der Waals surface area contributed by atoms with Gasteiger partial charge in [0.15, 0.2) is 5.31 Å². The number of amides is 1. The Balaban J connectivity index is 2.29. The fourth-order valence-electron chi connectivity index (χ4n) is 2.34. The van der Waals surface area contributed by atoms with Crippen LogP contribution in [0.5, 0.6) is 0 Å². The predicted octanol–water partition coefficient (Wildman–Crippen LogP) is 2.76. The molecule has 1 aliphatic rings. The molecular weight excluding hydrogens is 305 g/mol. The maximum Gasteiger partial charge on any atom is 0.370 e. The fraction of sp³-hybridized carbons (Fsp3) is 0.400. The maximum atomic E-state index is 12.7. The van der Waals surface area contributed by atoms with Gasteiger partial charge in [0.25, 0.3) is 5.91 Å². The topological polar surface area (TPSA) is 84.9 Å². The van der Waals surface area contributed by atoms with Crippen LogP contribution in [0.25, 0.3) is 0 Å². The highest BCUT2D eigenvalue weighted by atomic mass is 31.2. The predicted molar refractivity (Wildman–Crippen MR) is 82.6 cm³/mol. The quantitative estimate of drug-likeness (QED) is 0.753. The second kappa shape index (κ2) is 7.09. The largest absolute Gasteiger partial charge is 0.509 e. The van der Waals surface area contributed by atoms with E-state index < -0.39 is 19.5 Å². The van der Waals surface area contributed by atoms with E-state index in [-0.39, 0.29) is 24.3 Å². The van der Waals surface area contributed by atoms with Crippen molar-refractivity contribution in [1.82, 2.24) is 5.32 Å². The van der Waals surface area contributed by atoms with E-state index in [9.17, 15) is 14.5 Å². The first-order chi connectivity index (χ1) is 10.5. The first kappa shape index (κ1) is 16.7. The van der Waals surface area contributed by atoms with Gasteiger partial charge in [-0.15, -0.1) is 0 Å². The number of hydrogen-bond donors (Lipinski definition) is 2. The van der Waals surface area contributed by atoms with E-state index in [0.717, 1.165) is 5.56 Å². The molecule has 1 aliphatic heterocycles. The SMILES string of the molecule is CCOP(=O)(OCC)C1=C(O)C(Cc2ccccc2)NC1=O. The number of benzene rings is 1. The van der Waals surface area contributed by atoms with Crippen LogP contribution in [0.2, 0.25) is 0 Å². The number of hydrogen-bond acceptors (Lipinski definition) is 5. The fourth-order valence-corrected chi connectivity index (χ4v) is 4.11. The van der Waals surface area contributed by atoms with E-state index in [1.54, 1.807) is 13.8 Å². The van der Waals surface area contributed by atoms with Gasteiger partial charge in [-0.3, -0.25) is 9.36 Å². The highest BCUT2D eigenvalue weighted by molar-refractivity contribution is 7.60. The van der Waals surface area contributed by atoms with Gasteiger partial charge >= 0.3 is 7.60 Å². The van der Waals surface area contributed by atoms with Gasteiger partial charge in [-0.1, -0.05) is 30.3 Å². The average molecular weight is 325 g/mol. The molecule has 1 unspecified atom stereocenters. The molecule has 1 aromatic rings. The molecule has 2 rings (SSSR count). The van der Waals surface area contributed by atoms with Crippen LogP contribution >= 0.6 is 7.60 Å². The molecule has 1 atom stereocenters. The molecular formula is C15H20NO5P. The molecule has 0 fully saturated rings. The molecule has 0 aromatic heterocycles. The molecule has 120 valence electrons. The molecule has 1 aromatic carbocycles. The molecule has 2 N–H and O–H groups in total. The summed E-state index contributed by atoms with van der Waals surface area (Å²) in [5.41, 5.74) is 0.947. The Hall–Kier alpha value is -1.62. The van der Waals surface area contributed by atoms with Crippen molar-refractivity contribution in [2.45, 2.75) is 26.3 Å². The molecule has 0 radical (unpaired) electrons. The molecule has 0 saturated heterocycles. The first-order valence-corrected chi connectivity index (χ1v) is 8.73. The molecule has 7 heteroatoms.